The molecule has 1 aliphatic rings. The Morgan fingerprint density at radius 3 is 2.39 bits per heavy atom. The lowest BCUT2D eigenvalue weighted by Gasteiger charge is -2.10. The lowest BCUT2D eigenvalue weighted by atomic mass is 10.0. The van der Waals surface area contributed by atoms with E-state index in [-0.39, 0.29) is 5.56 Å². The molecule has 142 valence electrons. The first-order valence-electron chi connectivity index (χ1n) is 8.54. The minimum Gasteiger partial charge on any atom is -0.386 e. The summed E-state index contributed by atoms with van der Waals surface area (Å²) in [7, 11) is 0. The molecule has 3 aromatic carbocycles. The largest absolute Gasteiger partial charge is 0.386 e. The Bertz CT molecular complexity index is 1040. The van der Waals surface area contributed by atoms with Crippen molar-refractivity contribution < 1.29 is 19.4 Å². The smallest absolute Gasteiger partial charge is 0.242 e. The summed E-state index contributed by atoms with van der Waals surface area (Å²) in [5, 5.41) is 18.9. The van der Waals surface area contributed by atoms with Gasteiger partial charge in [-0.2, -0.15) is 0 Å². The van der Waals surface area contributed by atoms with Gasteiger partial charge >= 0.3 is 0 Å². The fraction of sp³-hybridized carbons (Fsp3) is 0.0952. The highest BCUT2D eigenvalue weighted by Gasteiger charge is 2.23. The maximum absolute atomic E-state index is 14.0. The zero-order valence-corrected chi connectivity index (χ0v) is 15.3. The average molecular weight is 399 g/mol. The molecule has 5 nitrogen and oxygen atoms in total. The van der Waals surface area contributed by atoms with Gasteiger partial charge in [0.1, 0.15) is 5.82 Å². The molecule has 0 saturated heterocycles. The van der Waals surface area contributed by atoms with E-state index in [1.807, 2.05) is 48.5 Å². The van der Waals surface area contributed by atoms with E-state index >= 15 is 0 Å². The molecule has 0 aromatic heterocycles. The SMILES string of the molecule is OC(O)c1ccc(C2N=C(c3ccc(-c4ccccc4Cl)cc3)ON2)cc1F. The van der Waals surface area contributed by atoms with Crippen LogP contribution in [0.5, 0.6) is 0 Å². The molecule has 0 saturated carbocycles. The van der Waals surface area contributed by atoms with Crippen molar-refractivity contribution in [2.75, 3.05) is 0 Å². The molecule has 4 rings (SSSR count). The number of hydrogen-bond acceptors (Lipinski definition) is 5. The Morgan fingerprint density at radius 1 is 1.00 bits per heavy atom. The van der Waals surface area contributed by atoms with Gasteiger partial charge in [0, 0.05) is 21.7 Å². The zero-order valence-electron chi connectivity index (χ0n) is 14.5. The fourth-order valence-electron chi connectivity index (χ4n) is 2.97. The van der Waals surface area contributed by atoms with Gasteiger partial charge in [-0.05, 0) is 35.4 Å². The van der Waals surface area contributed by atoms with Crippen LogP contribution in [0.4, 0.5) is 4.39 Å². The highest BCUT2D eigenvalue weighted by molar-refractivity contribution is 6.33. The summed E-state index contributed by atoms with van der Waals surface area (Å²) in [6.45, 7) is 0. The molecule has 28 heavy (non-hydrogen) atoms. The van der Waals surface area contributed by atoms with E-state index in [9.17, 15) is 4.39 Å². The molecular formula is C21H16ClFN2O3. The van der Waals surface area contributed by atoms with E-state index in [1.54, 1.807) is 6.07 Å². The van der Waals surface area contributed by atoms with Crippen LogP contribution >= 0.6 is 11.6 Å². The van der Waals surface area contributed by atoms with Crippen LogP contribution in [0.2, 0.25) is 5.02 Å². The maximum atomic E-state index is 14.0. The van der Waals surface area contributed by atoms with Crippen LogP contribution in [0.25, 0.3) is 11.1 Å². The number of aliphatic imine (C=N–C) groups is 1. The Labute approximate surface area is 165 Å². The van der Waals surface area contributed by atoms with Crippen molar-refractivity contribution in [1.82, 2.24) is 5.48 Å². The van der Waals surface area contributed by atoms with Crippen LogP contribution in [0.15, 0.2) is 71.7 Å². The van der Waals surface area contributed by atoms with Gasteiger partial charge in [-0.15, -0.1) is 5.48 Å². The van der Waals surface area contributed by atoms with E-state index in [0.29, 0.717) is 16.5 Å². The van der Waals surface area contributed by atoms with Gasteiger partial charge in [-0.1, -0.05) is 54.1 Å². The first-order chi connectivity index (χ1) is 13.5. The van der Waals surface area contributed by atoms with Crippen molar-refractivity contribution in [1.29, 1.82) is 0 Å². The van der Waals surface area contributed by atoms with Gasteiger partial charge in [-0.25, -0.2) is 9.38 Å². The van der Waals surface area contributed by atoms with Crippen LogP contribution < -0.4 is 5.48 Å². The molecule has 1 atom stereocenters. The summed E-state index contributed by atoms with van der Waals surface area (Å²) < 4.78 is 14.0. The standard InChI is InChI=1S/C21H16ClFN2O3/c22-17-4-2-1-3-15(17)12-5-7-13(8-6-12)20-24-19(25-28-20)14-9-10-16(21(26)27)18(23)11-14/h1-11,19,21,25-27H. The van der Waals surface area contributed by atoms with E-state index in [4.69, 9.17) is 26.7 Å². The number of aliphatic hydroxyl groups is 2. The number of hydrogen-bond donors (Lipinski definition) is 3. The molecule has 1 aliphatic heterocycles. The monoisotopic (exact) mass is 398 g/mol. The molecule has 0 spiro atoms. The van der Waals surface area contributed by atoms with Crippen molar-refractivity contribution in [3.63, 3.8) is 0 Å². The van der Waals surface area contributed by atoms with Crippen molar-refractivity contribution >= 4 is 17.5 Å². The number of benzene rings is 3. The predicted octanol–water partition coefficient (Wildman–Crippen LogP) is 4.11. The Kier molecular flexibility index (Phi) is 5.11. The number of hydroxylamine groups is 1. The third kappa shape index (κ3) is 3.63. The summed E-state index contributed by atoms with van der Waals surface area (Å²) in [6, 6.07) is 19.2. The van der Waals surface area contributed by atoms with Gasteiger partial charge in [0.2, 0.25) is 5.90 Å². The molecule has 0 radical (unpaired) electrons. The lowest BCUT2D eigenvalue weighted by molar-refractivity contribution is -0.0449. The van der Waals surface area contributed by atoms with Gasteiger partial charge in [-0.3, -0.25) is 0 Å². The average Bonchev–Trinajstić information content (AvgIpc) is 3.18. The topological polar surface area (TPSA) is 74.1 Å². The first kappa shape index (κ1) is 18.6. The van der Waals surface area contributed by atoms with Crippen molar-refractivity contribution in [2.45, 2.75) is 12.5 Å². The van der Waals surface area contributed by atoms with E-state index < -0.39 is 18.3 Å². The Balaban J connectivity index is 1.56. The minimum atomic E-state index is -1.86. The fourth-order valence-corrected chi connectivity index (χ4v) is 3.21. The number of halogens is 2. The van der Waals surface area contributed by atoms with Crippen LogP contribution in [-0.4, -0.2) is 16.1 Å². The zero-order chi connectivity index (χ0) is 19.7. The first-order valence-corrected chi connectivity index (χ1v) is 8.92. The maximum Gasteiger partial charge on any atom is 0.242 e. The third-order valence-corrected chi connectivity index (χ3v) is 4.78. The Hall–Kier alpha value is -2.77. The highest BCUT2D eigenvalue weighted by Crippen LogP contribution is 2.29. The van der Waals surface area contributed by atoms with Crippen LogP contribution in [-0.2, 0) is 4.84 Å². The van der Waals surface area contributed by atoms with Crippen LogP contribution in [0, 0.1) is 5.82 Å². The van der Waals surface area contributed by atoms with Gasteiger partial charge in [0.05, 0.1) is 0 Å². The minimum absolute atomic E-state index is 0.193. The third-order valence-electron chi connectivity index (χ3n) is 4.45. The summed E-state index contributed by atoms with van der Waals surface area (Å²) in [4.78, 5) is 9.88. The second kappa shape index (κ2) is 7.69. The molecule has 3 N–H and O–H groups in total. The predicted molar refractivity (Wildman–Crippen MR) is 104 cm³/mol. The summed E-state index contributed by atoms with van der Waals surface area (Å²) in [6.07, 6.45) is -2.46. The second-order valence-electron chi connectivity index (χ2n) is 6.27. The number of nitrogens with zero attached hydrogens (tertiary/aromatic N) is 1. The van der Waals surface area contributed by atoms with E-state index in [0.717, 1.165) is 16.7 Å². The molecule has 0 aliphatic carbocycles. The molecule has 0 amide bonds. The quantitative estimate of drug-likeness (QED) is 0.578. The van der Waals surface area contributed by atoms with Crippen molar-refractivity contribution in [3.05, 3.63) is 94.3 Å². The van der Waals surface area contributed by atoms with Gasteiger partial charge in [0.15, 0.2) is 12.5 Å². The number of nitrogens with one attached hydrogen (secondary N) is 1. The van der Waals surface area contributed by atoms with Crippen LogP contribution in [0.1, 0.15) is 29.1 Å². The normalized spacial score (nSPS) is 16.2. The number of rotatable bonds is 4. The van der Waals surface area contributed by atoms with Crippen LogP contribution in [0.3, 0.4) is 0 Å². The second-order valence-corrected chi connectivity index (χ2v) is 6.68. The van der Waals surface area contributed by atoms with E-state index in [2.05, 4.69) is 10.5 Å². The molecule has 1 unspecified atom stereocenters. The molecule has 0 fully saturated rings. The molecule has 7 heteroatoms. The molecular weight excluding hydrogens is 383 g/mol. The molecule has 0 bridgehead atoms. The summed E-state index contributed by atoms with van der Waals surface area (Å²) >= 11 is 6.24. The summed E-state index contributed by atoms with van der Waals surface area (Å²) in [5.41, 5.74) is 5.71. The molecule has 1 heterocycles. The van der Waals surface area contributed by atoms with Crippen molar-refractivity contribution in [3.8, 4) is 11.1 Å². The van der Waals surface area contributed by atoms with E-state index in [1.165, 1.54) is 12.1 Å². The number of aliphatic hydroxyl groups excluding tert-OH is 1. The lowest BCUT2D eigenvalue weighted by Crippen LogP contribution is -2.15. The summed E-state index contributed by atoms with van der Waals surface area (Å²) in [5.74, 6) is -0.343. The highest BCUT2D eigenvalue weighted by atomic mass is 35.5. The Morgan fingerprint density at radius 2 is 1.71 bits per heavy atom. The van der Waals surface area contributed by atoms with Crippen molar-refractivity contribution in [2.24, 2.45) is 4.99 Å². The van der Waals surface area contributed by atoms with Gasteiger partial charge in [0.25, 0.3) is 0 Å². The molecule has 3 aromatic rings. The van der Waals surface area contributed by atoms with Gasteiger partial charge < -0.3 is 15.1 Å².